The van der Waals surface area contributed by atoms with E-state index < -0.39 is 0 Å². The van der Waals surface area contributed by atoms with E-state index in [0.29, 0.717) is 17.9 Å². The maximum atomic E-state index is 12.7. The van der Waals surface area contributed by atoms with Crippen LogP contribution in [0.2, 0.25) is 0 Å². The molecule has 7 nitrogen and oxygen atoms in total. The van der Waals surface area contributed by atoms with E-state index in [1.807, 2.05) is 59.4 Å². The number of nitrogens with one attached hydrogen (secondary N) is 2. The van der Waals surface area contributed by atoms with Crippen molar-refractivity contribution in [1.82, 2.24) is 29.9 Å². The van der Waals surface area contributed by atoms with Crippen molar-refractivity contribution in [1.29, 1.82) is 0 Å². The van der Waals surface area contributed by atoms with Crippen LogP contribution in [0.5, 0.6) is 0 Å². The molecule has 2 aromatic carbocycles. The second kappa shape index (κ2) is 10.2. The molecule has 2 N–H and O–H groups in total. The summed E-state index contributed by atoms with van der Waals surface area (Å²) in [5.74, 6) is 0.683. The molecular weight excluding hydrogens is 420 g/mol. The number of aromatic amines is 1. The van der Waals surface area contributed by atoms with E-state index in [4.69, 9.17) is 17.3 Å². The zero-order valence-electron chi connectivity index (χ0n) is 18.0. The Kier molecular flexibility index (Phi) is 6.91. The van der Waals surface area contributed by atoms with Crippen molar-refractivity contribution >= 4 is 18.1 Å². The van der Waals surface area contributed by atoms with Gasteiger partial charge in [-0.2, -0.15) is 10.2 Å². The number of H-pyrrole nitrogens is 1. The zero-order valence-corrected chi connectivity index (χ0v) is 18.8. The van der Waals surface area contributed by atoms with Crippen LogP contribution < -0.4 is 5.32 Å². The summed E-state index contributed by atoms with van der Waals surface area (Å²) in [6.45, 7) is 3.26. The molecule has 0 spiro atoms. The van der Waals surface area contributed by atoms with Gasteiger partial charge in [0.1, 0.15) is 12.4 Å². The van der Waals surface area contributed by atoms with Crippen LogP contribution in [0.3, 0.4) is 0 Å². The van der Waals surface area contributed by atoms with Crippen LogP contribution in [-0.4, -0.2) is 30.5 Å². The molecule has 0 fully saturated rings. The molecule has 0 aliphatic heterocycles. The van der Waals surface area contributed by atoms with Gasteiger partial charge in [-0.05, 0) is 24.2 Å². The molecule has 0 saturated carbocycles. The van der Waals surface area contributed by atoms with Crippen LogP contribution in [0.4, 0.5) is 0 Å². The molecule has 8 heteroatoms. The number of hydrogen-bond donors (Lipinski definition) is 2. The summed E-state index contributed by atoms with van der Waals surface area (Å²) in [4.78, 5) is 12.7. The normalized spacial score (nSPS) is 10.9. The number of amides is 1. The molecule has 2 heterocycles. The third-order valence-corrected chi connectivity index (χ3v) is 5.47. The number of hydrogen-bond acceptors (Lipinski definition) is 4. The highest BCUT2D eigenvalue weighted by molar-refractivity contribution is 7.71. The maximum Gasteiger partial charge on any atom is 0.240 e. The highest BCUT2D eigenvalue weighted by atomic mass is 32.1. The van der Waals surface area contributed by atoms with Gasteiger partial charge in [0.2, 0.25) is 5.91 Å². The molecule has 0 bridgehead atoms. The SMILES string of the molecule is CCCc1n[nH]c(=S)n1CC(=O)NCc1cn(Cc2ccccc2)nc1-c1ccccc1. The van der Waals surface area contributed by atoms with Crippen LogP contribution in [0.1, 0.15) is 30.3 Å². The first-order valence-electron chi connectivity index (χ1n) is 10.7. The van der Waals surface area contributed by atoms with Crippen molar-refractivity contribution in [2.45, 2.75) is 39.4 Å². The lowest BCUT2D eigenvalue weighted by Gasteiger charge is -2.08. The molecule has 2 aromatic heterocycles. The van der Waals surface area contributed by atoms with Crippen LogP contribution in [-0.2, 0) is 30.8 Å². The fourth-order valence-corrected chi connectivity index (χ4v) is 3.82. The summed E-state index contributed by atoms with van der Waals surface area (Å²) >= 11 is 5.28. The third kappa shape index (κ3) is 5.20. The van der Waals surface area contributed by atoms with E-state index in [1.54, 1.807) is 4.57 Å². The van der Waals surface area contributed by atoms with Gasteiger partial charge in [-0.1, -0.05) is 67.6 Å². The topological polar surface area (TPSA) is 80.5 Å². The summed E-state index contributed by atoms with van der Waals surface area (Å²) in [7, 11) is 0. The molecule has 0 aliphatic rings. The van der Waals surface area contributed by atoms with E-state index in [9.17, 15) is 4.79 Å². The highest BCUT2D eigenvalue weighted by Gasteiger charge is 2.14. The van der Waals surface area contributed by atoms with Crippen molar-refractivity contribution < 1.29 is 4.79 Å². The van der Waals surface area contributed by atoms with Gasteiger partial charge in [-0.3, -0.25) is 19.1 Å². The van der Waals surface area contributed by atoms with E-state index in [2.05, 4.69) is 34.6 Å². The monoisotopic (exact) mass is 446 g/mol. The summed E-state index contributed by atoms with van der Waals surface area (Å²) in [5.41, 5.74) is 4.02. The van der Waals surface area contributed by atoms with Crippen LogP contribution >= 0.6 is 12.2 Å². The largest absolute Gasteiger partial charge is 0.350 e. The Morgan fingerprint density at radius 3 is 2.53 bits per heavy atom. The molecule has 0 atom stereocenters. The van der Waals surface area contributed by atoms with Gasteiger partial charge in [0.05, 0.1) is 12.2 Å². The van der Waals surface area contributed by atoms with E-state index in [1.165, 1.54) is 5.56 Å². The average Bonchev–Trinajstić information content (AvgIpc) is 3.37. The average molecular weight is 447 g/mol. The molecule has 32 heavy (non-hydrogen) atoms. The summed E-state index contributed by atoms with van der Waals surface area (Å²) in [5, 5.41) is 14.8. The Morgan fingerprint density at radius 1 is 1.09 bits per heavy atom. The van der Waals surface area contributed by atoms with E-state index >= 15 is 0 Å². The minimum absolute atomic E-state index is 0.116. The van der Waals surface area contributed by atoms with Gasteiger partial charge in [0, 0.05) is 30.3 Å². The molecule has 0 unspecified atom stereocenters. The molecule has 1 amide bonds. The molecule has 4 aromatic rings. The number of carbonyl (C=O) groups excluding carboxylic acids is 1. The number of nitrogens with zero attached hydrogens (tertiary/aromatic N) is 4. The van der Waals surface area contributed by atoms with Crippen molar-refractivity contribution in [3.63, 3.8) is 0 Å². The molecule has 4 rings (SSSR count). The minimum atomic E-state index is -0.116. The lowest BCUT2D eigenvalue weighted by molar-refractivity contribution is -0.121. The number of aromatic nitrogens is 5. The molecule has 164 valence electrons. The van der Waals surface area contributed by atoms with Gasteiger partial charge in [-0.15, -0.1) is 0 Å². The maximum absolute atomic E-state index is 12.7. The smallest absolute Gasteiger partial charge is 0.240 e. The van der Waals surface area contributed by atoms with Gasteiger partial charge < -0.3 is 5.32 Å². The van der Waals surface area contributed by atoms with Crippen molar-refractivity contribution in [3.8, 4) is 11.3 Å². The fourth-order valence-electron chi connectivity index (χ4n) is 3.60. The lowest BCUT2D eigenvalue weighted by Crippen LogP contribution is -2.28. The fraction of sp³-hybridized carbons (Fsp3) is 0.250. The summed E-state index contributed by atoms with van der Waals surface area (Å²) < 4.78 is 4.14. The summed E-state index contributed by atoms with van der Waals surface area (Å²) in [6, 6.07) is 20.2. The number of aryl methyl sites for hydroxylation is 1. The van der Waals surface area contributed by atoms with Crippen LogP contribution in [0.15, 0.2) is 66.9 Å². The second-order valence-corrected chi connectivity index (χ2v) is 8.00. The number of rotatable bonds is 9. The number of carbonyl (C=O) groups is 1. The molecule has 0 radical (unpaired) electrons. The Bertz CT molecular complexity index is 1230. The van der Waals surface area contributed by atoms with E-state index in [0.717, 1.165) is 35.5 Å². The predicted octanol–water partition coefficient (Wildman–Crippen LogP) is 4.12. The van der Waals surface area contributed by atoms with Gasteiger partial charge in [0.25, 0.3) is 0 Å². The van der Waals surface area contributed by atoms with Crippen molar-refractivity contribution in [2.75, 3.05) is 0 Å². The quantitative estimate of drug-likeness (QED) is 0.379. The Labute approximate surface area is 192 Å². The van der Waals surface area contributed by atoms with Crippen LogP contribution in [0.25, 0.3) is 11.3 Å². The first-order valence-corrected chi connectivity index (χ1v) is 11.1. The summed E-state index contributed by atoms with van der Waals surface area (Å²) in [6.07, 6.45) is 3.70. The Balaban J connectivity index is 1.51. The van der Waals surface area contributed by atoms with E-state index in [-0.39, 0.29) is 12.5 Å². The van der Waals surface area contributed by atoms with Gasteiger partial charge in [0.15, 0.2) is 4.77 Å². The van der Waals surface area contributed by atoms with Crippen LogP contribution in [0, 0.1) is 4.77 Å². The first-order chi connectivity index (χ1) is 15.6. The highest BCUT2D eigenvalue weighted by Crippen LogP contribution is 2.22. The van der Waals surface area contributed by atoms with Crippen molar-refractivity contribution in [2.24, 2.45) is 0 Å². The molecular formula is C24H26N6OS. The van der Waals surface area contributed by atoms with Gasteiger partial charge in [-0.25, -0.2) is 0 Å². The zero-order chi connectivity index (χ0) is 22.3. The first kappa shape index (κ1) is 21.7. The molecule has 0 saturated heterocycles. The Morgan fingerprint density at radius 2 is 1.81 bits per heavy atom. The second-order valence-electron chi connectivity index (χ2n) is 7.61. The standard InChI is InChI=1S/C24H26N6OS/c1-2-9-21-26-27-24(32)30(21)17-22(31)25-14-20-16-29(15-18-10-5-3-6-11-18)28-23(20)19-12-7-4-8-13-19/h3-8,10-13,16H,2,9,14-15,17H2,1H3,(H,25,31)(H,27,32). The minimum Gasteiger partial charge on any atom is -0.350 e. The predicted molar refractivity (Wildman–Crippen MR) is 126 cm³/mol. The Hall–Kier alpha value is -3.52. The van der Waals surface area contributed by atoms with Gasteiger partial charge >= 0.3 is 0 Å². The lowest BCUT2D eigenvalue weighted by atomic mass is 10.1. The number of benzene rings is 2. The third-order valence-electron chi connectivity index (χ3n) is 5.16. The molecule has 0 aliphatic carbocycles. The van der Waals surface area contributed by atoms with Crippen molar-refractivity contribution in [3.05, 3.63) is 88.6 Å².